The summed E-state index contributed by atoms with van der Waals surface area (Å²) in [5, 5.41) is 13.3. The van der Waals surface area contributed by atoms with Gasteiger partial charge < -0.3 is 19.6 Å². The third-order valence-electron chi connectivity index (χ3n) is 5.55. The molecule has 1 N–H and O–H groups in total. The molecule has 1 saturated heterocycles. The molecule has 1 aromatic carbocycles. The highest BCUT2D eigenvalue weighted by Crippen LogP contribution is 2.41. The molecule has 1 aliphatic rings. The van der Waals surface area contributed by atoms with Gasteiger partial charge in [-0.05, 0) is 55.7 Å². The minimum Gasteiger partial charge on any atom is -0.507 e. The van der Waals surface area contributed by atoms with Gasteiger partial charge >= 0.3 is 0 Å². The van der Waals surface area contributed by atoms with Crippen LogP contribution in [0.3, 0.4) is 0 Å². The second-order valence-corrected chi connectivity index (χ2v) is 8.62. The van der Waals surface area contributed by atoms with Gasteiger partial charge in [0.25, 0.3) is 11.7 Å². The molecule has 0 radical (unpaired) electrons. The molecule has 2 heterocycles. The number of carbonyl (C=O) groups is 2. The number of ketones is 1. The molecule has 8 heteroatoms. The third-order valence-corrected chi connectivity index (χ3v) is 6.77. The number of carbonyl (C=O) groups excluding carboxylic acids is 2. The molecule has 1 atom stereocenters. The first-order chi connectivity index (χ1) is 14.9. The van der Waals surface area contributed by atoms with Gasteiger partial charge in [0.15, 0.2) is 0 Å². The van der Waals surface area contributed by atoms with Crippen LogP contribution in [0.1, 0.15) is 36.8 Å². The molecule has 1 fully saturated rings. The molecule has 1 unspecified atom stereocenters. The fourth-order valence-corrected chi connectivity index (χ4v) is 4.93. The number of ether oxygens (including phenoxy) is 1. The number of hydrogen-bond acceptors (Lipinski definition) is 6. The quantitative estimate of drug-likeness (QED) is 0.336. The van der Waals surface area contributed by atoms with Gasteiger partial charge in [0.1, 0.15) is 11.5 Å². The highest BCUT2D eigenvalue weighted by molar-refractivity contribution is 7.10. The molecule has 31 heavy (non-hydrogen) atoms. The van der Waals surface area contributed by atoms with Gasteiger partial charge in [-0.1, -0.05) is 31.5 Å². The largest absolute Gasteiger partial charge is 0.507 e. The molecule has 3 rings (SSSR count). The van der Waals surface area contributed by atoms with Gasteiger partial charge in [-0.15, -0.1) is 11.3 Å². The van der Waals surface area contributed by atoms with E-state index in [1.165, 1.54) is 24.5 Å². The summed E-state index contributed by atoms with van der Waals surface area (Å²) in [6.07, 6.45) is 0.741. The average molecular weight is 463 g/mol. The maximum Gasteiger partial charge on any atom is 0.295 e. The highest BCUT2D eigenvalue weighted by Gasteiger charge is 2.46. The SMILES string of the molecule is CCN(CC)CCCN1C(=O)C(=O)/C(=C(\O)c2ccc(OC)c(Cl)c2)C1c1cccs1. The molecule has 6 nitrogen and oxygen atoms in total. The van der Waals surface area contributed by atoms with Crippen LogP contribution >= 0.6 is 22.9 Å². The lowest BCUT2D eigenvalue weighted by Crippen LogP contribution is -2.33. The van der Waals surface area contributed by atoms with E-state index in [0.29, 0.717) is 22.9 Å². The zero-order chi connectivity index (χ0) is 22.5. The van der Waals surface area contributed by atoms with E-state index < -0.39 is 17.7 Å². The van der Waals surface area contributed by atoms with E-state index in [-0.39, 0.29) is 11.3 Å². The van der Waals surface area contributed by atoms with E-state index in [1.54, 1.807) is 17.0 Å². The van der Waals surface area contributed by atoms with Crippen molar-refractivity contribution in [3.8, 4) is 5.75 Å². The molecule has 2 aromatic rings. The number of aliphatic hydroxyl groups excluding tert-OH is 1. The van der Waals surface area contributed by atoms with E-state index in [1.807, 2.05) is 17.5 Å². The fraction of sp³-hybridized carbons (Fsp3) is 0.391. The van der Waals surface area contributed by atoms with Gasteiger partial charge in [0.2, 0.25) is 0 Å². The maximum absolute atomic E-state index is 13.0. The van der Waals surface area contributed by atoms with Crippen molar-refractivity contribution < 1.29 is 19.4 Å². The van der Waals surface area contributed by atoms with Crippen molar-refractivity contribution >= 4 is 40.4 Å². The second-order valence-electron chi connectivity index (χ2n) is 7.24. The number of benzene rings is 1. The summed E-state index contributed by atoms with van der Waals surface area (Å²) in [5.74, 6) is -1.03. The summed E-state index contributed by atoms with van der Waals surface area (Å²) >= 11 is 7.67. The van der Waals surface area contributed by atoms with E-state index in [9.17, 15) is 14.7 Å². The van der Waals surface area contributed by atoms with Crippen molar-refractivity contribution in [1.82, 2.24) is 9.80 Å². The molecule has 166 valence electrons. The number of aliphatic hydroxyl groups is 1. The lowest BCUT2D eigenvalue weighted by Gasteiger charge is -2.25. The number of methoxy groups -OCH3 is 1. The predicted molar refractivity (Wildman–Crippen MR) is 124 cm³/mol. The number of amides is 1. The topological polar surface area (TPSA) is 70.1 Å². The zero-order valence-corrected chi connectivity index (χ0v) is 19.5. The number of Topliss-reactive ketones (excluding diaryl/α,β-unsaturated/α-hetero) is 1. The molecule has 0 bridgehead atoms. The van der Waals surface area contributed by atoms with Gasteiger partial charge in [-0.2, -0.15) is 0 Å². The number of hydrogen-bond donors (Lipinski definition) is 1. The fourth-order valence-electron chi connectivity index (χ4n) is 3.83. The Morgan fingerprint density at radius 2 is 2.00 bits per heavy atom. The van der Waals surface area contributed by atoms with Crippen molar-refractivity contribution in [2.24, 2.45) is 0 Å². The van der Waals surface area contributed by atoms with Crippen LogP contribution in [0.25, 0.3) is 5.76 Å². The Hall–Kier alpha value is -2.35. The Balaban J connectivity index is 1.98. The van der Waals surface area contributed by atoms with Crippen LogP contribution in [0.5, 0.6) is 5.75 Å². The Kier molecular flexibility index (Phi) is 7.75. The van der Waals surface area contributed by atoms with Crippen molar-refractivity contribution in [1.29, 1.82) is 0 Å². The molecule has 1 aliphatic heterocycles. The van der Waals surface area contributed by atoms with E-state index in [0.717, 1.165) is 30.9 Å². The van der Waals surface area contributed by atoms with Crippen molar-refractivity contribution in [3.63, 3.8) is 0 Å². The summed E-state index contributed by atoms with van der Waals surface area (Å²) in [6.45, 7) is 7.33. The van der Waals surface area contributed by atoms with Crippen molar-refractivity contribution in [2.75, 3.05) is 33.3 Å². The highest BCUT2D eigenvalue weighted by atomic mass is 35.5. The first-order valence-corrected chi connectivity index (χ1v) is 11.6. The molecule has 0 aliphatic carbocycles. The first kappa shape index (κ1) is 23.3. The standard InChI is InChI=1S/C23H27ClN2O4S/c1-4-25(5-2)11-7-12-26-20(18-8-6-13-31-18)19(22(28)23(26)29)21(27)15-9-10-17(30-3)16(24)14-15/h6,8-10,13-14,20,27H,4-5,7,11-12H2,1-3H3/b21-19-. The molecule has 0 spiro atoms. The normalized spacial score (nSPS) is 18.2. The van der Waals surface area contributed by atoms with Crippen LogP contribution in [-0.4, -0.2) is 59.9 Å². The number of nitrogens with zero attached hydrogens (tertiary/aromatic N) is 2. The minimum absolute atomic E-state index is 0.0940. The van der Waals surface area contributed by atoms with E-state index in [4.69, 9.17) is 16.3 Å². The van der Waals surface area contributed by atoms with Crippen LogP contribution in [0.2, 0.25) is 5.02 Å². The van der Waals surface area contributed by atoms with Crippen LogP contribution in [0.4, 0.5) is 0 Å². The predicted octanol–water partition coefficient (Wildman–Crippen LogP) is 4.56. The van der Waals surface area contributed by atoms with Gasteiger partial charge in [0.05, 0.1) is 23.7 Å². The Bertz CT molecular complexity index is 970. The van der Waals surface area contributed by atoms with Gasteiger partial charge in [-0.3, -0.25) is 9.59 Å². The average Bonchev–Trinajstić information content (AvgIpc) is 3.38. The molecule has 1 amide bonds. The van der Waals surface area contributed by atoms with E-state index >= 15 is 0 Å². The number of thiophene rings is 1. The first-order valence-electron chi connectivity index (χ1n) is 10.3. The smallest absolute Gasteiger partial charge is 0.295 e. The summed E-state index contributed by atoms with van der Waals surface area (Å²) in [7, 11) is 1.50. The lowest BCUT2D eigenvalue weighted by molar-refractivity contribution is -0.139. The summed E-state index contributed by atoms with van der Waals surface area (Å²) in [5.41, 5.74) is 0.463. The summed E-state index contributed by atoms with van der Waals surface area (Å²) in [6, 6.07) is 7.93. The summed E-state index contributed by atoms with van der Waals surface area (Å²) < 4.78 is 5.16. The Morgan fingerprint density at radius 1 is 1.26 bits per heavy atom. The minimum atomic E-state index is -0.675. The van der Waals surface area contributed by atoms with Crippen LogP contribution in [-0.2, 0) is 9.59 Å². The Labute approximate surface area is 191 Å². The van der Waals surface area contributed by atoms with Crippen molar-refractivity contribution in [3.05, 3.63) is 56.7 Å². The molecular weight excluding hydrogens is 436 g/mol. The van der Waals surface area contributed by atoms with Crippen molar-refractivity contribution in [2.45, 2.75) is 26.3 Å². The molecule has 0 saturated carbocycles. The number of halogens is 1. The number of likely N-dealkylation sites (tertiary alicyclic amines) is 1. The molecular formula is C23H27ClN2O4S. The summed E-state index contributed by atoms with van der Waals surface area (Å²) in [4.78, 5) is 30.6. The van der Waals surface area contributed by atoms with E-state index in [2.05, 4.69) is 18.7 Å². The molecule has 1 aromatic heterocycles. The Morgan fingerprint density at radius 3 is 2.58 bits per heavy atom. The van der Waals surface area contributed by atoms with Crippen LogP contribution in [0.15, 0.2) is 41.3 Å². The van der Waals surface area contributed by atoms with Gasteiger partial charge in [0, 0.05) is 17.0 Å². The number of rotatable bonds is 9. The maximum atomic E-state index is 13.0. The lowest BCUT2D eigenvalue weighted by atomic mass is 9.99. The zero-order valence-electron chi connectivity index (χ0n) is 17.9. The van der Waals surface area contributed by atoms with Crippen LogP contribution < -0.4 is 4.74 Å². The third kappa shape index (κ3) is 4.79. The van der Waals surface area contributed by atoms with Crippen LogP contribution in [0, 0.1) is 0 Å². The monoisotopic (exact) mass is 462 g/mol. The second kappa shape index (κ2) is 10.3. The van der Waals surface area contributed by atoms with Gasteiger partial charge in [-0.25, -0.2) is 0 Å².